The maximum Gasteiger partial charge on any atom is 0.319 e. The number of primary amides is 1. The van der Waals surface area contributed by atoms with Crippen molar-refractivity contribution in [2.24, 2.45) is 5.73 Å². The van der Waals surface area contributed by atoms with E-state index < -0.39 is 5.91 Å². The smallest absolute Gasteiger partial charge is 0.319 e. The maximum atomic E-state index is 11.8. The van der Waals surface area contributed by atoms with Crippen LogP contribution in [0.3, 0.4) is 0 Å². The van der Waals surface area contributed by atoms with E-state index in [9.17, 15) is 9.59 Å². The molecule has 2 aromatic rings. The zero-order chi connectivity index (χ0) is 15.9. The first kappa shape index (κ1) is 16.0. The largest absolute Gasteiger partial charge is 0.366 e. The van der Waals surface area contributed by atoms with E-state index in [-0.39, 0.29) is 6.03 Å². The molecule has 0 spiro atoms. The lowest BCUT2D eigenvalue weighted by Crippen LogP contribution is -2.30. The number of carbonyl (C=O) groups excluding carboxylic acids is 2. The van der Waals surface area contributed by atoms with Gasteiger partial charge in [0.2, 0.25) is 5.91 Å². The van der Waals surface area contributed by atoms with Crippen LogP contribution in [0.1, 0.15) is 15.9 Å². The summed E-state index contributed by atoms with van der Waals surface area (Å²) in [4.78, 5) is 22.7. The Bertz CT molecular complexity index is 671. The zero-order valence-corrected chi connectivity index (χ0v) is 13.4. The monoisotopic (exact) mass is 361 g/mol. The fourth-order valence-electron chi connectivity index (χ4n) is 1.91. The molecule has 0 aromatic heterocycles. The molecule has 0 atom stereocenters. The fourth-order valence-corrected chi connectivity index (χ4v) is 2.35. The lowest BCUT2D eigenvalue weighted by Gasteiger charge is -2.08. The number of hydrogen-bond donors (Lipinski definition) is 3. The van der Waals surface area contributed by atoms with Crippen LogP contribution in [0.15, 0.2) is 53.0 Å². The first-order chi connectivity index (χ1) is 10.5. The molecule has 114 valence electrons. The van der Waals surface area contributed by atoms with Crippen LogP contribution in [0, 0.1) is 0 Å². The van der Waals surface area contributed by atoms with Crippen molar-refractivity contribution >= 4 is 33.6 Å². The molecule has 0 saturated carbocycles. The Morgan fingerprint density at radius 2 is 1.82 bits per heavy atom. The van der Waals surface area contributed by atoms with Gasteiger partial charge in [0.1, 0.15) is 0 Å². The molecule has 0 fully saturated rings. The second kappa shape index (κ2) is 7.61. The van der Waals surface area contributed by atoms with Crippen LogP contribution >= 0.6 is 15.9 Å². The number of anilines is 1. The predicted molar refractivity (Wildman–Crippen MR) is 89.8 cm³/mol. The summed E-state index contributed by atoms with van der Waals surface area (Å²) in [6.07, 6.45) is 0.744. The maximum absolute atomic E-state index is 11.8. The lowest BCUT2D eigenvalue weighted by molar-refractivity contribution is 0.100. The second-order valence-electron chi connectivity index (χ2n) is 4.70. The number of rotatable bonds is 5. The van der Waals surface area contributed by atoms with Gasteiger partial charge in [0.25, 0.3) is 0 Å². The Labute approximate surface area is 137 Å². The number of nitrogens with two attached hydrogens (primary N) is 1. The van der Waals surface area contributed by atoms with Crippen molar-refractivity contribution in [2.45, 2.75) is 6.42 Å². The van der Waals surface area contributed by atoms with E-state index in [0.29, 0.717) is 17.8 Å². The SMILES string of the molecule is NC(=O)c1ccc(NC(=O)NCCc2cccc(Br)c2)cc1. The number of benzene rings is 2. The van der Waals surface area contributed by atoms with Crippen LogP contribution in [0.25, 0.3) is 0 Å². The molecule has 2 rings (SSSR count). The summed E-state index contributed by atoms with van der Waals surface area (Å²) in [5.74, 6) is -0.495. The third kappa shape index (κ3) is 4.89. The highest BCUT2D eigenvalue weighted by Crippen LogP contribution is 2.12. The average Bonchev–Trinajstić information content (AvgIpc) is 2.48. The van der Waals surface area contributed by atoms with E-state index in [1.807, 2.05) is 24.3 Å². The third-order valence-corrected chi connectivity index (χ3v) is 3.51. The van der Waals surface area contributed by atoms with Gasteiger partial charge in [0, 0.05) is 22.3 Å². The summed E-state index contributed by atoms with van der Waals surface area (Å²) in [6, 6.07) is 14.1. The molecule has 0 saturated heterocycles. The minimum absolute atomic E-state index is 0.290. The summed E-state index contributed by atoms with van der Waals surface area (Å²) in [5.41, 5.74) is 7.30. The molecule has 0 aliphatic rings. The summed E-state index contributed by atoms with van der Waals surface area (Å²) in [5, 5.41) is 5.47. The van der Waals surface area contributed by atoms with Gasteiger partial charge in [-0.25, -0.2) is 4.79 Å². The molecular weight excluding hydrogens is 346 g/mol. The molecule has 0 aliphatic carbocycles. The molecule has 0 aliphatic heterocycles. The average molecular weight is 362 g/mol. The van der Waals surface area contributed by atoms with Gasteiger partial charge in [-0.05, 0) is 48.4 Å². The molecule has 6 heteroatoms. The second-order valence-corrected chi connectivity index (χ2v) is 5.62. The number of hydrogen-bond acceptors (Lipinski definition) is 2. The highest BCUT2D eigenvalue weighted by Gasteiger charge is 2.03. The van der Waals surface area contributed by atoms with E-state index >= 15 is 0 Å². The first-order valence-corrected chi connectivity index (χ1v) is 7.53. The molecule has 0 heterocycles. The molecule has 4 N–H and O–H groups in total. The third-order valence-electron chi connectivity index (χ3n) is 3.02. The van der Waals surface area contributed by atoms with Crippen LogP contribution < -0.4 is 16.4 Å². The first-order valence-electron chi connectivity index (χ1n) is 6.74. The molecule has 3 amide bonds. The minimum Gasteiger partial charge on any atom is -0.366 e. The van der Waals surface area contributed by atoms with Crippen molar-refractivity contribution in [3.8, 4) is 0 Å². The number of urea groups is 1. The number of nitrogens with one attached hydrogen (secondary N) is 2. The Morgan fingerprint density at radius 1 is 1.09 bits per heavy atom. The van der Waals surface area contributed by atoms with Gasteiger partial charge in [-0.1, -0.05) is 28.1 Å². The quantitative estimate of drug-likeness (QED) is 0.764. The number of carbonyl (C=O) groups is 2. The Balaban J connectivity index is 1.79. The number of amides is 3. The van der Waals surface area contributed by atoms with Gasteiger partial charge in [-0.2, -0.15) is 0 Å². The Kier molecular flexibility index (Phi) is 5.55. The van der Waals surface area contributed by atoms with Crippen molar-refractivity contribution in [3.05, 3.63) is 64.1 Å². The van der Waals surface area contributed by atoms with Gasteiger partial charge in [0.05, 0.1) is 0 Å². The van der Waals surface area contributed by atoms with Crippen molar-refractivity contribution in [1.82, 2.24) is 5.32 Å². The van der Waals surface area contributed by atoms with Gasteiger partial charge >= 0.3 is 6.03 Å². The van der Waals surface area contributed by atoms with Gasteiger partial charge < -0.3 is 16.4 Å². The van der Waals surface area contributed by atoms with Crippen molar-refractivity contribution in [3.63, 3.8) is 0 Å². The molecular formula is C16H16BrN3O2. The topological polar surface area (TPSA) is 84.2 Å². The molecule has 0 radical (unpaired) electrons. The van der Waals surface area contributed by atoms with E-state index in [0.717, 1.165) is 16.5 Å². The molecule has 0 bridgehead atoms. The normalized spacial score (nSPS) is 10.0. The fraction of sp³-hybridized carbons (Fsp3) is 0.125. The van der Waals surface area contributed by atoms with Gasteiger partial charge in [-0.15, -0.1) is 0 Å². The predicted octanol–water partition coefficient (Wildman–Crippen LogP) is 2.91. The van der Waals surface area contributed by atoms with Crippen molar-refractivity contribution in [2.75, 3.05) is 11.9 Å². The van der Waals surface area contributed by atoms with Crippen molar-refractivity contribution < 1.29 is 9.59 Å². The van der Waals surface area contributed by atoms with E-state index in [1.54, 1.807) is 24.3 Å². The molecule has 0 unspecified atom stereocenters. The van der Waals surface area contributed by atoms with E-state index in [4.69, 9.17) is 5.73 Å². The van der Waals surface area contributed by atoms with Crippen LogP contribution in [0.4, 0.5) is 10.5 Å². The Morgan fingerprint density at radius 3 is 2.45 bits per heavy atom. The molecule has 22 heavy (non-hydrogen) atoms. The van der Waals surface area contributed by atoms with Crippen LogP contribution in [0.2, 0.25) is 0 Å². The molecule has 2 aromatic carbocycles. The highest BCUT2D eigenvalue weighted by molar-refractivity contribution is 9.10. The van der Waals surface area contributed by atoms with E-state index in [1.165, 1.54) is 0 Å². The number of halogens is 1. The van der Waals surface area contributed by atoms with E-state index in [2.05, 4.69) is 26.6 Å². The van der Waals surface area contributed by atoms with Crippen molar-refractivity contribution in [1.29, 1.82) is 0 Å². The lowest BCUT2D eigenvalue weighted by atomic mass is 10.1. The Hall–Kier alpha value is -2.34. The van der Waals surface area contributed by atoms with Gasteiger partial charge in [-0.3, -0.25) is 4.79 Å². The van der Waals surface area contributed by atoms with Gasteiger partial charge in [0.15, 0.2) is 0 Å². The summed E-state index contributed by atoms with van der Waals surface area (Å²) in [7, 11) is 0. The summed E-state index contributed by atoms with van der Waals surface area (Å²) >= 11 is 3.41. The minimum atomic E-state index is -0.495. The van der Waals surface area contributed by atoms with Crippen LogP contribution in [0.5, 0.6) is 0 Å². The van der Waals surface area contributed by atoms with Crippen LogP contribution in [-0.2, 0) is 6.42 Å². The van der Waals surface area contributed by atoms with Crippen LogP contribution in [-0.4, -0.2) is 18.5 Å². The summed E-state index contributed by atoms with van der Waals surface area (Å²) < 4.78 is 1.02. The highest BCUT2D eigenvalue weighted by atomic mass is 79.9. The standard InChI is InChI=1S/C16H16BrN3O2/c17-13-3-1-2-11(10-13)8-9-19-16(22)20-14-6-4-12(5-7-14)15(18)21/h1-7,10H,8-9H2,(H2,18,21)(H2,19,20,22). The summed E-state index contributed by atoms with van der Waals surface area (Å²) in [6.45, 7) is 0.529. The molecule has 5 nitrogen and oxygen atoms in total. The zero-order valence-electron chi connectivity index (χ0n) is 11.8.